The van der Waals surface area contributed by atoms with Gasteiger partial charge in [-0.15, -0.1) is 0 Å². The molecule has 1 aromatic carbocycles. The van der Waals surface area contributed by atoms with E-state index in [2.05, 4.69) is 25.2 Å². The molecule has 1 saturated heterocycles. The molecule has 3 heterocycles. The summed E-state index contributed by atoms with van der Waals surface area (Å²) in [5.74, 6) is 0.904. The molecule has 1 fully saturated rings. The molecule has 5 nitrogen and oxygen atoms in total. The van der Waals surface area contributed by atoms with Gasteiger partial charge in [-0.1, -0.05) is 12.1 Å². The van der Waals surface area contributed by atoms with Crippen LogP contribution in [0.25, 0.3) is 11.0 Å². The normalized spacial score (nSPS) is 15.0. The van der Waals surface area contributed by atoms with Crippen molar-refractivity contribution in [3.05, 3.63) is 41.6 Å². The van der Waals surface area contributed by atoms with Gasteiger partial charge in [0.1, 0.15) is 11.5 Å². The maximum Gasteiger partial charge on any atom is 0.418 e. The van der Waals surface area contributed by atoms with Gasteiger partial charge in [0.15, 0.2) is 0 Å². The summed E-state index contributed by atoms with van der Waals surface area (Å²) in [5, 5.41) is 3.55. The van der Waals surface area contributed by atoms with Gasteiger partial charge < -0.3 is 15.2 Å². The number of benzene rings is 1. The summed E-state index contributed by atoms with van der Waals surface area (Å²) in [4.78, 5) is 14.3. The average molecular weight is 361 g/mol. The molecule has 26 heavy (non-hydrogen) atoms. The minimum absolute atomic E-state index is 0.0220. The van der Waals surface area contributed by atoms with Gasteiger partial charge in [0.05, 0.1) is 16.6 Å². The molecule has 0 saturated carbocycles. The minimum atomic E-state index is -4.44. The lowest BCUT2D eigenvalue weighted by Crippen LogP contribution is -2.21. The smallest absolute Gasteiger partial charge is 0.343 e. The van der Waals surface area contributed by atoms with Gasteiger partial charge in [0.25, 0.3) is 0 Å². The SMILES string of the molecule is Cc1cc2c(Nc3ccccc3C(F)(F)F)nc(N3CCCC3)nc2[nH]1. The molecule has 1 aliphatic heterocycles. The largest absolute Gasteiger partial charge is 0.418 e. The van der Waals surface area contributed by atoms with Gasteiger partial charge in [-0.25, -0.2) is 0 Å². The van der Waals surface area contributed by atoms with Gasteiger partial charge >= 0.3 is 6.18 Å². The second-order valence-corrected chi connectivity index (χ2v) is 6.45. The van der Waals surface area contributed by atoms with Crippen LogP contribution in [-0.2, 0) is 6.18 Å². The van der Waals surface area contributed by atoms with Crippen LogP contribution in [0.4, 0.5) is 30.6 Å². The summed E-state index contributed by atoms with van der Waals surface area (Å²) < 4.78 is 39.9. The van der Waals surface area contributed by atoms with E-state index in [0.29, 0.717) is 22.8 Å². The summed E-state index contributed by atoms with van der Waals surface area (Å²) >= 11 is 0. The van der Waals surface area contributed by atoms with Crippen molar-refractivity contribution in [2.24, 2.45) is 0 Å². The van der Waals surface area contributed by atoms with Crippen LogP contribution >= 0.6 is 0 Å². The molecule has 1 aliphatic rings. The monoisotopic (exact) mass is 361 g/mol. The molecule has 8 heteroatoms. The van der Waals surface area contributed by atoms with Crippen molar-refractivity contribution in [2.75, 3.05) is 23.3 Å². The Bertz CT molecular complexity index is 942. The molecule has 136 valence electrons. The molecular formula is C18H18F3N5. The van der Waals surface area contributed by atoms with E-state index in [-0.39, 0.29) is 5.69 Å². The number of alkyl halides is 3. The summed E-state index contributed by atoms with van der Waals surface area (Å²) in [5.41, 5.74) is 0.749. The Morgan fingerprint density at radius 1 is 1.12 bits per heavy atom. The molecule has 2 N–H and O–H groups in total. The van der Waals surface area contributed by atoms with Crippen LogP contribution in [0.1, 0.15) is 24.1 Å². The fourth-order valence-electron chi connectivity index (χ4n) is 3.25. The molecule has 2 aromatic heterocycles. The lowest BCUT2D eigenvalue weighted by Gasteiger charge is -2.18. The number of aryl methyl sites for hydroxylation is 1. The van der Waals surface area contributed by atoms with Crippen molar-refractivity contribution in [1.82, 2.24) is 15.0 Å². The fraction of sp³-hybridized carbons (Fsp3) is 0.333. The number of halogens is 3. The number of aromatic amines is 1. The predicted octanol–water partition coefficient (Wildman–Crippen LogP) is 4.63. The second-order valence-electron chi connectivity index (χ2n) is 6.45. The summed E-state index contributed by atoms with van der Waals surface area (Å²) in [6, 6.07) is 7.25. The number of H-pyrrole nitrogens is 1. The van der Waals surface area contributed by atoms with Crippen LogP contribution in [0.2, 0.25) is 0 Å². The predicted molar refractivity (Wildman–Crippen MR) is 94.8 cm³/mol. The quantitative estimate of drug-likeness (QED) is 0.714. The third-order valence-electron chi connectivity index (χ3n) is 4.48. The lowest BCUT2D eigenvalue weighted by molar-refractivity contribution is -0.136. The third-order valence-corrected chi connectivity index (χ3v) is 4.48. The molecule has 3 aromatic rings. The maximum atomic E-state index is 13.3. The number of hydrogen-bond donors (Lipinski definition) is 2. The van der Waals surface area contributed by atoms with Gasteiger partial charge in [-0.05, 0) is 38.0 Å². The van der Waals surface area contributed by atoms with Crippen LogP contribution in [0.15, 0.2) is 30.3 Å². The average Bonchev–Trinajstić information content (AvgIpc) is 3.23. The minimum Gasteiger partial charge on any atom is -0.343 e. The number of rotatable bonds is 3. The van der Waals surface area contributed by atoms with E-state index in [1.54, 1.807) is 6.07 Å². The zero-order valence-electron chi connectivity index (χ0n) is 14.2. The second kappa shape index (κ2) is 6.19. The first-order chi connectivity index (χ1) is 12.4. The molecule has 0 radical (unpaired) electrons. The van der Waals surface area contributed by atoms with E-state index in [9.17, 15) is 13.2 Å². The fourth-order valence-corrected chi connectivity index (χ4v) is 3.25. The first-order valence-electron chi connectivity index (χ1n) is 8.47. The highest BCUT2D eigenvalue weighted by atomic mass is 19.4. The van der Waals surface area contributed by atoms with Crippen LogP contribution < -0.4 is 10.2 Å². The van der Waals surface area contributed by atoms with Crippen LogP contribution in [0.3, 0.4) is 0 Å². The van der Waals surface area contributed by atoms with Crippen molar-refractivity contribution in [3.63, 3.8) is 0 Å². The summed E-state index contributed by atoms with van der Waals surface area (Å²) in [7, 11) is 0. The van der Waals surface area contributed by atoms with Crippen molar-refractivity contribution in [2.45, 2.75) is 25.9 Å². The molecular weight excluding hydrogens is 343 g/mol. The molecule has 0 bridgehead atoms. The zero-order chi connectivity index (χ0) is 18.3. The first-order valence-corrected chi connectivity index (χ1v) is 8.47. The van der Waals surface area contributed by atoms with Gasteiger partial charge in [0, 0.05) is 18.8 Å². The van der Waals surface area contributed by atoms with Crippen molar-refractivity contribution in [3.8, 4) is 0 Å². The Balaban J connectivity index is 1.81. The highest BCUT2D eigenvalue weighted by molar-refractivity contribution is 5.91. The van der Waals surface area contributed by atoms with Gasteiger partial charge in [-0.2, -0.15) is 23.1 Å². The highest BCUT2D eigenvalue weighted by Gasteiger charge is 2.33. The van der Waals surface area contributed by atoms with E-state index in [0.717, 1.165) is 37.7 Å². The van der Waals surface area contributed by atoms with Crippen LogP contribution in [-0.4, -0.2) is 28.0 Å². The standard InChI is InChI=1S/C18H18F3N5/c1-11-10-12-15(22-11)24-17(26-8-4-5-9-26)25-16(12)23-14-7-3-2-6-13(14)18(19,20)21/h2-3,6-7,10H,4-5,8-9H2,1H3,(H2,22,23,24,25). The Labute approximate surface area is 148 Å². The number of hydrogen-bond acceptors (Lipinski definition) is 4. The Morgan fingerprint density at radius 3 is 2.58 bits per heavy atom. The summed E-state index contributed by atoms with van der Waals surface area (Å²) in [6.45, 7) is 3.58. The number of nitrogens with one attached hydrogen (secondary N) is 2. The Morgan fingerprint density at radius 2 is 1.85 bits per heavy atom. The Kier molecular flexibility index (Phi) is 3.97. The number of anilines is 3. The van der Waals surface area contributed by atoms with E-state index in [1.807, 2.05) is 13.0 Å². The molecule has 0 atom stereocenters. The molecule has 0 aliphatic carbocycles. The third kappa shape index (κ3) is 3.07. The van der Waals surface area contributed by atoms with E-state index in [4.69, 9.17) is 0 Å². The van der Waals surface area contributed by atoms with E-state index < -0.39 is 11.7 Å². The lowest BCUT2D eigenvalue weighted by atomic mass is 10.1. The van der Waals surface area contributed by atoms with Crippen molar-refractivity contribution in [1.29, 1.82) is 0 Å². The number of nitrogens with zero attached hydrogens (tertiary/aromatic N) is 3. The first kappa shape index (κ1) is 16.7. The van der Waals surface area contributed by atoms with Crippen LogP contribution in [0.5, 0.6) is 0 Å². The zero-order valence-corrected chi connectivity index (χ0v) is 14.2. The van der Waals surface area contributed by atoms with Gasteiger partial charge in [0.2, 0.25) is 5.95 Å². The Hall–Kier alpha value is -2.77. The highest BCUT2D eigenvalue weighted by Crippen LogP contribution is 2.37. The maximum absolute atomic E-state index is 13.3. The van der Waals surface area contributed by atoms with E-state index >= 15 is 0 Å². The molecule has 0 amide bonds. The van der Waals surface area contributed by atoms with E-state index in [1.165, 1.54) is 12.1 Å². The molecule has 0 unspecified atom stereocenters. The molecule has 0 spiro atoms. The van der Waals surface area contributed by atoms with Crippen molar-refractivity contribution < 1.29 is 13.2 Å². The number of fused-ring (bicyclic) bond motifs is 1. The van der Waals surface area contributed by atoms with Crippen LogP contribution in [0, 0.1) is 6.92 Å². The number of para-hydroxylation sites is 1. The summed E-state index contributed by atoms with van der Waals surface area (Å²) in [6.07, 6.45) is -2.32. The molecule has 4 rings (SSSR count). The number of aromatic nitrogens is 3. The van der Waals surface area contributed by atoms with Crippen molar-refractivity contribution >= 4 is 28.5 Å². The topological polar surface area (TPSA) is 56.8 Å². The van der Waals surface area contributed by atoms with Gasteiger partial charge in [-0.3, -0.25) is 0 Å².